The number of piperidine rings is 1. The van der Waals surface area contributed by atoms with Crippen LogP contribution in [-0.4, -0.2) is 56.8 Å². The SMILES string of the molecule is COc1ccc([N+](=O)[O-])c(C(=O)N2CCC(n3ncc(C(=O)O)c3C)CC2)c1. The second-order valence-corrected chi connectivity index (χ2v) is 6.56. The van der Waals surface area contributed by atoms with Crippen LogP contribution in [0.5, 0.6) is 5.75 Å². The van der Waals surface area contributed by atoms with Gasteiger partial charge in [-0.15, -0.1) is 0 Å². The van der Waals surface area contributed by atoms with Crippen molar-refractivity contribution >= 4 is 17.6 Å². The van der Waals surface area contributed by atoms with Crippen LogP contribution in [-0.2, 0) is 0 Å². The number of nitro benzene ring substituents is 1. The van der Waals surface area contributed by atoms with Gasteiger partial charge in [-0.05, 0) is 31.9 Å². The molecule has 0 bridgehead atoms. The van der Waals surface area contributed by atoms with E-state index in [0.717, 1.165) is 0 Å². The van der Waals surface area contributed by atoms with Gasteiger partial charge in [-0.25, -0.2) is 4.79 Å². The van der Waals surface area contributed by atoms with E-state index in [-0.39, 0.29) is 22.9 Å². The molecule has 1 fully saturated rings. The van der Waals surface area contributed by atoms with Crippen molar-refractivity contribution in [3.63, 3.8) is 0 Å². The molecule has 1 N–H and O–H groups in total. The minimum atomic E-state index is -1.03. The molecule has 0 spiro atoms. The molecule has 10 heteroatoms. The summed E-state index contributed by atoms with van der Waals surface area (Å²) in [7, 11) is 1.43. The van der Waals surface area contributed by atoms with E-state index in [1.54, 1.807) is 16.5 Å². The Hall–Kier alpha value is -3.43. The van der Waals surface area contributed by atoms with Crippen molar-refractivity contribution in [2.75, 3.05) is 20.2 Å². The molecule has 1 saturated heterocycles. The van der Waals surface area contributed by atoms with E-state index in [9.17, 15) is 19.7 Å². The zero-order chi connectivity index (χ0) is 20.4. The molecule has 3 rings (SSSR count). The lowest BCUT2D eigenvalue weighted by Crippen LogP contribution is -2.39. The number of aromatic carboxylic acids is 1. The highest BCUT2D eigenvalue weighted by Gasteiger charge is 2.30. The van der Waals surface area contributed by atoms with E-state index >= 15 is 0 Å². The average molecular weight is 388 g/mol. The third kappa shape index (κ3) is 3.53. The van der Waals surface area contributed by atoms with Gasteiger partial charge >= 0.3 is 5.97 Å². The summed E-state index contributed by atoms with van der Waals surface area (Å²) < 4.78 is 6.76. The number of nitrogens with zero attached hydrogens (tertiary/aromatic N) is 4. The number of benzene rings is 1. The Kier molecular flexibility index (Phi) is 5.30. The lowest BCUT2D eigenvalue weighted by atomic mass is 10.0. The highest BCUT2D eigenvalue weighted by Crippen LogP contribution is 2.29. The first-order chi connectivity index (χ1) is 13.3. The van der Waals surface area contributed by atoms with E-state index in [4.69, 9.17) is 9.84 Å². The average Bonchev–Trinajstić information content (AvgIpc) is 3.08. The molecule has 2 aromatic rings. The van der Waals surface area contributed by atoms with Gasteiger partial charge < -0.3 is 14.7 Å². The van der Waals surface area contributed by atoms with Crippen molar-refractivity contribution in [1.82, 2.24) is 14.7 Å². The first-order valence-corrected chi connectivity index (χ1v) is 8.72. The van der Waals surface area contributed by atoms with Crippen LogP contribution in [0.25, 0.3) is 0 Å². The highest BCUT2D eigenvalue weighted by molar-refractivity contribution is 5.98. The van der Waals surface area contributed by atoms with E-state index in [1.165, 1.54) is 31.5 Å². The Morgan fingerprint density at radius 3 is 2.50 bits per heavy atom. The van der Waals surface area contributed by atoms with Crippen LogP contribution in [0.15, 0.2) is 24.4 Å². The number of amides is 1. The number of carboxylic acids is 1. The normalized spacial score (nSPS) is 14.7. The van der Waals surface area contributed by atoms with Gasteiger partial charge in [-0.2, -0.15) is 5.10 Å². The van der Waals surface area contributed by atoms with E-state index in [1.807, 2.05) is 0 Å². The quantitative estimate of drug-likeness (QED) is 0.615. The van der Waals surface area contributed by atoms with Crippen molar-refractivity contribution < 1.29 is 24.4 Å². The summed E-state index contributed by atoms with van der Waals surface area (Å²) in [5.41, 5.74) is 0.458. The van der Waals surface area contributed by atoms with Gasteiger partial charge in [0.05, 0.1) is 30.0 Å². The number of aromatic nitrogens is 2. The molecule has 2 heterocycles. The molecular formula is C18H20N4O6. The molecule has 0 atom stereocenters. The molecule has 1 aliphatic rings. The van der Waals surface area contributed by atoms with Crippen molar-refractivity contribution in [1.29, 1.82) is 0 Å². The number of hydrogen-bond acceptors (Lipinski definition) is 6. The maximum atomic E-state index is 12.9. The Bertz CT molecular complexity index is 930. The van der Waals surface area contributed by atoms with E-state index in [2.05, 4.69) is 5.10 Å². The molecule has 0 aliphatic carbocycles. The minimum Gasteiger partial charge on any atom is -0.497 e. The number of rotatable bonds is 5. The summed E-state index contributed by atoms with van der Waals surface area (Å²) in [6.45, 7) is 2.48. The van der Waals surface area contributed by atoms with Gasteiger partial charge in [-0.3, -0.25) is 19.6 Å². The predicted octanol–water partition coefficient (Wildman–Crippen LogP) is 2.28. The monoisotopic (exact) mass is 388 g/mol. The number of methoxy groups -OCH3 is 1. The Morgan fingerprint density at radius 1 is 1.29 bits per heavy atom. The summed E-state index contributed by atoms with van der Waals surface area (Å²) in [6, 6.07) is 4.06. The molecule has 1 aliphatic heterocycles. The molecule has 28 heavy (non-hydrogen) atoms. The predicted molar refractivity (Wildman–Crippen MR) is 97.7 cm³/mol. The molecule has 0 radical (unpaired) electrons. The fraction of sp³-hybridized carbons (Fsp3) is 0.389. The van der Waals surface area contributed by atoms with Crippen molar-refractivity contribution in [3.8, 4) is 5.75 Å². The summed E-state index contributed by atoms with van der Waals surface area (Å²) in [5, 5.41) is 24.6. The highest BCUT2D eigenvalue weighted by atomic mass is 16.6. The van der Waals surface area contributed by atoms with Crippen molar-refractivity contribution in [3.05, 3.63) is 51.3 Å². The van der Waals surface area contributed by atoms with Gasteiger partial charge in [-0.1, -0.05) is 0 Å². The molecule has 1 aromatic carbocycles. The van der Waals surface area contributed by atoms with E-state index < -0.39 is 16.8 Å². The van der Waals surface area contributed by atoms with Crippen LogP contribution < -0.4 is 4.74 Å². The van der Waals surface area contributed by atoms with Crippen molar-refractivity contribution in [2.24, 2.45) is 0 Å². The maximum absolute atomic E-state index is 12.9. The maximum Gasteiger partial charge on any atom is 0.339 e. The standard InChI is InChI=1S/C18H20N4O6/c1-11-15(18(24)25)10-19-21(11)12-5-7-20(8-6-12)17(23)14-9-13(28-2)3-4-16(14)22(26)27/h3-4,9-10,12H,5-8H2,1-2H3,(H,24,25). The summed E-state index contributed by atoms with van der Waals surface area (Å²) in [6.07, 6.45) is 2.48. The van der Waals surface area contributed by atoms with Gasteiger partial charge in [0, 0.05) is 19.2 Å². The third-order valence-electron chi connectivity index (χ3n) is 5.00. The van der Waals surface area contributed by atoms with Crippen LogP contribution in [0.4, 0.5) is 5.69 Å². The first-order valence-electron chi connectivity index (χ1n) is 8.72. The fourth-order valence-corrected chi connectivity index (χ4v) is 3.46. The van der Waals surface area contributed by atoms with Crippen LogP contribution in [0.2, 0.25) is 0 Å². The lowest BCUT2D eigenvalue weighted by Gasteiger charge is -2.32. The number of carboxylic acid groups (broad SMARTS) is 1. The topological polar surface area (TPSA) is 128 Å². The zero-order valence-corrected chi connectivity index (χ0v) is 15.5. The Balaban J connectivity index is 1.76. The molecular weight excluding hydrogens is 368 g/mol. The molecule has 10 nitrogen and oxygen atoms in total. The smallest absolute Gasteiger partial charge is 0.339 e. The number of hydrogen-bond donors (Lipinski definition) is 1. The number of carbonyl (C=O) groups is 2. The summed E-state index contributed by atoms with van der Waals surface area (Å²) in [4.78, 5) is 36.3. The lowest BCUT2D eigenvalue weighted by molar-refractivity contribution is -0.385. The Morgan fingerprint density at radius 2 is 1.96 bits per heavy atom. The summed E-state index contributed by atoms with van der Waals surface area (Å²) >= 11 is 0. The zero-order valence-electron chi connectivity index (χ0n) is 15.5. The van der Waals surface area contributed by atoms with Crippen molar-refractivity contribution in [2.45, 2.75) is 25.8 Å². The van der Waals surface area contributed by atoms with Crippen LogP contribution in [0.1, 0.15) is 45.3 Å². The molecule has 148 valence electrons. The number of nitro groups is 1. The van der Waals surface area contributed by atoms with Crippen LogP contribution in [0, 0.1) is 17.0 Å². The molecule has 1 aromatic heterocycles. The second kappa shape index (κ2) is 7.67. The minimum absolute atomic E-state index is 0.00812. The number of likely N-dealkylation sites (tertiary alicyclic amines) is 1. The largest absolute Gasteiger partial charge is 0.497 e. The molecule has 1 amide bonds. The third-order valence-corrected chi connectivity index (χ3v) is 5.00. The van der Waals surface area contributed by atoms with Gasteiger partial charge in [0.25, 0.3) is 11.6 Å². The molecule has 0 saturated carbocycles. The number of ether oxygens (including phenoxy) is 1. The summed E-state index contributed by atoms with van der Waals surface area (Å²) in [5.74, 6) is -1.08. The van der Waals surface area contributed by atoms with E-state index in [0.29, 0.717) is 37.4 Å². The Labute approximate surface area is 160 Å². The van der Waals surface area contributed by atoms with Crippen LogP contribution in [0.3, 0.4) is 0 Å². The van der Waals surface area contributed by atoms with Gasteiger partial charge in [0.15, 0.2) is 0 Å². The molecule has 0 unspecified atom stereocenters. The second-order valence-electron chi connectivity index (χ2n) is 6.56. The number of carbonyl (C=O) groups excluding carboxylic acids is 1. The fourth-order valence-electron chi connectivity index (χ4n) is 3.46. The first kappa shape index (κ1) is 19.3. The van der Waals surface area contributed by atoms with Crippen LogP contribution >= 0.6 is 0 Å². The van der Waals surface area contributed by atoms with Gasteiger partial charge in [0.1, 0.15) is 16.9 Å². The van der Waals surface area contributed by atoms with Gasteiger partial charge in [0.2, 0.25) is 0 Å².